The molecule has 2 heterocycles. The van der Waals surface area contributed by atoms with Gasteiger partial charge in [0.2, 0.25) is 4.96 Å². The van der Waals surface area contributed by atoms with E-state index in [4.69, 9.17) is 11.6 Å². The maximum Gasteiger partial charge on any atom is 0.234 e. The average molecular weight is 265 g/mol. The Balaban J connectivity index is 2.23. The molecule has 0 amide bonds. The first-order chi connectivity index (χ1) is 8.29. The van der Waals surface area contributed by atoms with E-state index in [9.17, 15) is 0 Å². The van der Waals surface area contributed by atoms with Gasteiger partial charge in [-0.15, -0.1) is 10.2 Å². The summed E-state index contributed by atoms with van der Waals surface area (Å²) in [5, 5.41) is 14.4. The van der Waals surface area contributed by atoms with Crippen molar-refractivity contribution >= 4 is 27.9 Å². The number of aryl methyl sites for hydroxylation is 1. The molecule has 1 aromatic carbocycles. The molecular formula is C11H9ClN4S. The van der Waals surface area contributed by atoms with Gasteiger partial charge in [-0.05, 0) is 18.6 Å². The Hall–Kier alpha value is -1.46. The Kier molecular flexibility index (Phi) is 2.57. The van der Waals surface area contributed by atoms with Gasteiger partial charge in [0.15, 0.2) is 5.82 Å². The first kappa shape index (κ1) is 10.7. The quantitative estimate of drug-likeness (QED) is 0.714. The van der Waals surface area contributed by atoms with E-state index in [-0.39, 0.29) is 0 Å². The van der Waals surface area contributed by atoms with E-state index in [1.165, 1.54) is 0 Å². The molecule has 3 aromatic rings. The Bertz CT molecular complexity index is 673. The minimum atomic E-state index is 0.660. The highest BCUT2D eigenvalue weighted by Crippen LogP contribution is 2.27. The minimum Gasteiger partial charge on any atom is -0.183 e. The predicted molar refractivity (Wildman–Crippen MR) is 68.5 cm³/mol. The molecule has 0 unspecified atom stereocenters. The van der Waals surface area contributed by atoms with Gasteiger partial charge in [0.05, 0.1) is 5.02 Å². The van der Waals surface area contributed by atoms with Gasteiger partial charge in [-0.1, -0.05) is 42.0 Å². The molecule has 0 bridgehead atoms. The molecule has 0 fully saturated rings. The van der Waals surface area contributed by atoms with Gasteiger partial charge in [0.25, 0.3) is 0 Å². The fourth-order valence-corrected chi connectivity index (χ4v) is 2.60. The number of benzene rings is 1. The fourth-order valence-electron chi connectivity index (χ4n) is 1.61. The van der Waals surface area contributed by atoms with Gasteiger partial charge in [-0.3, -0.25) is 0 Å². The maximum absolute atomic E-state index is 6.15. The second kappa shape index (κ2) is 4.09. The van der Waals surface area contributed by atoms with E-state index in [0.717, 1.165) is 22.0 Å². The van der Waals surface area contributed by atoms with Gasteiger partial charge in [0.1, 0.15) is 5.01 Å². The van der Waals surface area contributed by atoms with Gasteiger partial charge in [-0.2, -0.15) is 9.61 Å². The van der Waals surface area contributed by atoms with Crippen LogP contribution in [0.25, 0.3) is 16.3 Å². The molecule has 4 nitrogen and oxygen atoms in total. The second-order valence-electron chi connectivity index (χ2n) is 3.55. The zero-order valence-electron chi connectivity index (χ0n) is 9.09. The van der Waals surface area contributed by atoms with Crippen LogP contribution in [0.15, 0.2) is 24.3 Å². The maximum atomic E-state index is 6.15. The largest absolute Gasteiger partial charge is 0.234 e. The Morgan fingerprint density at radius 3 is 2.88 bits per heavy atom. The highest BCUT2D eigenvalue weighted by molar-refractivity contribution is 7.16. The molecular weight excluding hydrogens is 256 g/mol. The molecule has 0 saturated heterocycles. The van der Waals surface area contributed by atoms with Crippen LogP contribution in [-0.2, 0) is 6.42 Å². The molecule has 86 valence electrons. The highest BCUT2D eigenvalue weighted by Gasteiger charge is 2.14. The van der Waals surface area contributed by atoms with Crippen LogP contribution in [0.4, 0.5) is 0 Å². The van der Waals surface area contributed by atoms with Crippen LogP contribution in [0.5, 0.6) is 0 Å². The van der Waals surface area contributed by atoms with Crippen molar-refractivity contribution in [2.24, 2.45) is 0 Å². The van der Waals surface area contributed by atoms with E-state index < -0.39 is 0 Å². The van der Waals surface area contributed by atoms with Gasteiger partial charge in [-0.25, -0.2) is 0 Å². The van der Waals surface area contributed by atoms with Crippen molar-refractivity contribution in [3.8, 4) is 11.4 Å². The second-order valence-corrected chi connectivity index (χ2v) is 4.99. The molecule has 0 saturated carbocycles. The van der Waals surface area contributed by atoms with Crippen molar-refractivity contribution in [1.82, 2.24) is 19.8 Å². The summed E-state index contributed by atoms with van der Waals surface area (Å²) in [4.78, 5) is 0.803. The Morgan fingerprint density at radius 2 is 2.12 bits per heavy atom. The normalized spacial score (nSPS) is 11.2. The van der Waals surface area contributed by atoms with E-state index in [2.05, 4.69) is 22.2 Å². The molecule has 0 N–H and O–H groups in total. The Morgan fingerprint density at radius 1 is 1.29 bits per heavy atom. The third kappa shape index (κ3) is 1.71. The highest BCUT2D eigenvalue weighted by atomic mass is 35.5. The Labute approximate surface area is 107 Å². The van der Waals surface area contributed by atoms with E-state index in [1.54, 1.807) is 15.9 Å². The van der Waals surface area contributed by atoms with Crippen LogP contribution < -0.4 is 0 Å². The first-order valence-electron chi connectivity index (χ1n) is 5.25. The number of fused-ring (bicyclic) bond motifs is 1. The summed E-state index contributed by atoms with van der Waals surface area (Å²) in [7, 11) is 0. The minimum absolute atomic E-state index is 0.660. The number of aromatic nitrogens is 4. The van der Waals surface area contributed by atoms with E-state index >= 15 is 0 Å². The summed E-state index contributed by atoms with van der Waals surface area (Å²) in [6.07, 6.45) is 0.899. The van der Waals surface area contributed by atoms with E-state index in [1.807, 2.05) is 24.3 Å². The number of hydrogen-bond acceptors (Lipinski definition) is 4. The number of halogens is 1. The van der Waals surface area contributed by atoms with Crippen molar-refractivity contribution < 1.29 is 0 Å². The lowest BCUT2D eigenvalue weighted by Gasteiger charge is -1.99. The van der Waals surface area contributed by atoms with Crippen LogP contribution in [-0.4, -0.2) is 19.8 Å². The summed E-state index contributed by atoms with van der Waals surface area (Å²) in [6, 6.07) is 7.58. The lowest BCUT2D eigenvalue weighted by atomic mass is 10.2. The summed E-state index contributed by atoms with van der Waals surface area (Å²) in [5.41, 5.74) is 0.856. The van der Waals surface area contributed by atoms with Crippen LogP contribution in [0, 0.1) is 0 Å². The number of nitrogens with zero attached hydrogens (tertiary/aromatic N) is 4. The van der Waals surface area contributed by atoms with E-state index in [0.29, 0.717) is 10.8 Å². The lowest BCUT2D eigenvalue weighted by molar-refractivity contribution is 0.907. The smallest absolute Gasteiger partial charge is 0.183 e. The van der Waals surface area contributed by atoms with Crippen molar-refractivity contribution in [1.29, 1.82) is 0 Å². The molecule has 6 heteroatoms. The van der Waals surface area contributed by atoms with Gasteiger partial charge >= 0.3 is 0 Å². The molecule has 2 aromatic heterocycles. The predicted octanol–water partition coefficient (Wildman–Crippen LogP) is 3.07. The topological polar surface area (TPSA) is 43.1 Å². The third-order valence-corrected chi connectivity index (χ3v) is 3.82. The van der Waals surface area contributed by atoms with Crippen LogP contribution in [0.1, 0.15) is 11.9 Å². The van der Waals surface area contributed by atoms with Gasteiger partial charge < -0.3 is 0 Å². The summed E-state index contributed by atoms with van der Waals surface area (Å²) in [5.74, 6) is 0.696. The molecule has 3 rings (SSSR count). The zero-order valence-corrected chi connectivity index (χ0v) is 10.7. The standard InChI is InChI=1S/C11H9ClN4S/c1-2-9-15-16-10(13-14-11(16)17-9)7-5-3-4-6-8(7)12/h3-6H,2H2,1H3. The molecule has 0 aliphatic carbocycles. The first-order valence-corrected chi connectivity index (χ1v) is 6.45. The third-order valence-electron chi connectivity index (χ3n) is 2.45. The van der Waals surface area contributed by atoms with Crippen molar-refractivity contribution in [2.45, 2.75) is 13.3 Å². The summed E-state index contributed by atoms with van der Waals surface area (Å²) in [6.45, 7) is 2.07. The molecule has 0 aliphatic heterocycles. The summed E-state index contributed by atoms with van der Waals surface area (Å²) < 4.78 is 1.75. The average Bonchev–Trinajstić information content (AvgIpc) is 2.89. The molecule has 0 atom stereocenters. The zero-order chi connectivity index (χ0) is 11.8. The molecule has 0 radical (unpaired) electrons. The molecule has 0 spiro atoms. The van der Waals surface area contributed by atoms with Crippen LogP contribution in [0.2, 0.25) is 5.02 Å². The van der Waals surface area contributed by atoms with Gasteiger partial charge in [0, 0.05) is 5.56 Å². The van der Waals surface area contributed by atoms with Crippen LogP contribution in [0.3, 0.4) is 0 Å². The molecule has 17 heavy (non-hydrogen) atoms. The van der Waals surface area contributed by atoms with Crippen molar-refractivity contribution in [3.05, 3.63) is 34.3 Å². The lowest BCUT2D eigenvalue weighted by Crippen LogP contribution is -1.92. The number of rotatable bonds is 2. The van der Waals surface area contributed by atoms with Crippen molar-refractivity contribution in [2.75, 3.05) is 0 Å². The van der Waals surface area contributed by atoms with Crippen molar-refractivity contribution in [3.63, 3.8) is 0 Å². The SMILES string of the molecule is CCc1nn2c(-c3ccccc3Cl)nnc2s1. The summed E-state index contributed by atoms with van der Waals surface area (Å²) >= 11 is 7.71. The number of hydrogen-bond donors (Lipinski definition) is 0. The monoisotopic (exact) mass is 264 g/mol. The van der Waals surface area contributed by atoms with Crippen LogP contribution >= 0.6 is 22.9 Å². The fraction of sp³-hybridized carbons (Fsp3) is 0.182. The molecule has 0 aliphatic rings.